The van der Waals surface area contributed by atoms with Crippen LogP contribution in [-0.4, -0.2) is 41.5 Å². The Morgan fingerprint density at radius 2 is 1.88 bits per heavy atom. The number of allylic oxidation sites excluding steroid dienone is 3. The number of rotatable bonds is 2. The number of aliphatic imine (C=N–C) groups is 2. The third-order valence-electron chi connectivity index (χ3n) is 3.82. The van der Waals surface area contributed by atoms with Gasteiger partial charge >= 0.3 is 17.8 Å². The van der Waals surface area contributed by atoms with Crippen molar-refractivity contribution < 1.29 is 22.7 Å². The van der Waals surface area contributed by atoms with Crippen LogP contribution in [-0.2, 0) is 9.53 Å². The number of amidine groups is 2. The minimum Gasteiger partial charge on any atom is -0.465 e. The van der Waals surface area contributed by atoms with Crippen LogP contribution in [0.2, 0.25) is 0 Å². The average Bonchev–Trinajstić information content (AvgIpc) is 2.60. The number of alkyl halides is 3. The van der Waals surface area contributed by atoms with E-state index in [1.807, 2.05) is 0 Å². The first-order chi connectivity index (χ1) is 11.8. The summed E-state index contributed by atoms with van der Waals surface area (Å²) in [5.74, 6) is -1.64. The lowest BCUT2D eigenvalue weighted by molar-refractivity contribution is -0.202. The van der Waals surface area contributed by atoms with E-state index in [1.54, 1.807) is 49.4 Å². The van der Waals surface area contributed by atoms with Gasteiger partial charge in [-0.25, -0.2) is 14.8 Å². The molecule has 2 aliphatic rings. The van der Waals surface area contributed by atoms with Gasteiger partial charge in [0.15, 0.2) is 0 Å². The van der Waals surface area contributed by atoms with Gasteiger partial charge in [-0.15, -0.1) is 0 Å². The Labute approximate surface area is 141 Å². The molecule has 2 heterocycles. The maximum atomic E-state index is 13.8. The summed E-state index contributed by atoms with van der Waals surface area (Å²) in [4.78, 5) is 20.9. The van der Waals surface area contributed by atoms with Crippen molar-refractivity contribution in [3.8, 4) is 0 Å². The summed E-state index contributed by atoms with van der Waals surface area (Å²) in [5, 5.41) is 0. The van der Waals surface area contributed by atoms with E-state index in [-0.39, 0.29) is 11.7 Å². The molecule has 25 heavy (non-hydrogen) atoms. The lowest BCUT2D eigenvalue weighted by atomic mass is 10.1. The summed E-state index contributed by atoms with van der Waals surface area (Å²) >= 11 is 0. The topological polar surface area (TPSA) is 54.3 Å². The standard InChI is InChI=1S/C17H14F3N3O2/c1-11-7-6-10-13-21-16(15(24)25-2,17(18,19)20)22-14(23(11)13)12-8-4-3-5-9-12/h3-10H,1-2H3/t16-/m1/s1. The molecule has 0 amide bonds. The molecule has 1 aromatic carbocycles. The fraction of sp³-hybridized carbons (Fsp3) is 0.235. The molecule has 2 aliphatic heterocycles. The number of carbonyl (C=O) groups is 1. The summed E-state index contributed by atoms with van der Waals surface area (Å²) < 4.78 is 45.8. The van der Waals surface area contributed by atoms with Crippen molar-refractivity contribution in [2.45, 2.75) is 18.8 Å². The van der Waals surface area contributed by atoms with Gasteiger partial charge in [-0.1, -0.05) is 36.4 Å². The highest BCUT2D eigenvalue weighted by molar-refractivity contribution is 6.17. The Bertz CT molecular complexity index is 825. The molecule has 5 nitrogen and oxygen atoms in total. The smallest absolute Gasteiger partial charge is 0.445 e. The Morgan fingerprint density at radius 3 is 2.48 bits per heavy atom. The molecule has 3 rings (SSSR count). The molecular formula is C17H14F3N3O2. The maximum absolute atomic E-state index is 13.8. The lowest BCUT2D eigenvalue weighted by Gasteiger charge is -2.37. The third-order valence-corrected chi connectivity index (χ3v) is 3.82. The van der Waals surface area contributed by atoms with Gasteiger partial charge in [0.2, 0.25) is 0 Å². The van der Waals surface area contributed by atoms with Gasteiger partial charge in [0.05, 0.1) is 7.11 Å². The van der Waals surface area contributed by atoms with Crippen LogP contribution in [0.3, 0.4) is 0 Å². The van der Waals surface area contributed by atoms with E-state index >= 15 is 0 Å². The molecule has 0 aliphatic carbocycles. The molecule has 1 aromatic rings. The summed E-state index contributed by atoms with van der Waals surface area (Å²) in [6.07, 6.45) is -0.372. The molecule has 0 bridgehead atoms. The average molecular weight is 349 g/mol. The van der Waals surface area contributed by atoms with E-state index in [2.05, 4.69) is 14.7 Å². The van der Waals surface area contributed by atoms with Crippen molar-refractivity contribution in [2.75, 3.05) is 7.11 Å². The van der Waals surface area contributed by atoms with Crippen LogP contribution in [0.4, 0.5) is 13.2 Å². The normalized spacial score (nSPS) is 22.6. The van der Waals surface area contributed by atoms with Crippen molar-refractivity contribution >= 4 is 17.6 Å². The van der Waals surface area contributed by atoms with Gasteiger partial charge in [0.25, 0.3) is 0 Å². The third kappa shape index (κ3) is 2.63. The van der Waals surface area contributed by atoms with E-state index in [4.69, 9.17) is 0 Å². The monoisotopic (exact) mass is 349 g/mol. The van der Waals surface area contributed by atoms with E-state index in [9.17, 15) is 18.0 Å². The van der Waals surface area contributed by atoms with Crippen LogP contribution in [0, 0.1) is 0 Å². The van der Waals surface area contributed by atoms with E-state index in [1.165, 1.54) is 11.0 Å². The Kier molecular flexibility index (Phi) is 3.98. The van der Waals surface area contributed by atoms with Gasteiger partial charge in [0.1, 0.15) is 11.7 Å². The highest BCUT2D eigenvalue weighted by Crippen LogP contribution is 2.40. The number of fused-ring (bicyclic) bond motifs is 1. The summed E-state index contributed by atoms with van der Waals surface area (Å²) in [7, 11) is 0.877. The molecule has 0 aromatic heterocycles. The van der Waals surface area contributed by atoms with Crippen LogP contribution >= 0.6 is 0 Å². The Balaban J connectivity index is 2.29. The van der Waals surface area contributed by atoms with Gasteiger partial charge < -0.3 is 4.74 Å². The number of benzene rings is 1. The number of hydrogen-bond donors (Lipinski definition) is 0. The molecule has 0 spiro atoms. The highest BCUT2D eigenvalue weighted by atomic mass is 19.4. The van der Waals surface area contributed by atoms with Crippen LogP contribution in [0.5, 0.6) is 0 Å². The van der Waals surface area contributed by atoms with Crippen molar-refractivity contribution in [1.82, 2.24) is 4.90 Å². The van der Waals surface area contributed by atoms with Crippen LogP contribution < -0.4 is 0 Å². The quantitative estimate of drug-likeness (QED) is 0.771. The number of hydrogen-bond acceptors (Lipinski definition) is 5. The fourth-order valence-corrected chi connectivity index (χ4v) is 2.62. The van der Waals surface area contributed by atoms with Gasteiger partial charge in [-0.2, -0.15) is 13.2 Å². The SMILES string of the molecule is COC(=O)[C@@]1(C(F)(F)F)N=C2C=CC=C(C)N2C(c2ccccc2)=N1. The molecule has 0 radical (unpaired) electrons. The molecule has 0 N–H and O–H groups in total. The number of esters is 1. The zero-order chi connectivity index (χ0) is 18.2. The van der Waals surface area contributed by atoms with E-state index < -0.39 is 17.8 Å². The van der Waals surface area contributed by atoms with Crippen molar-refractivity contribution in [3.05, 3.63) is 59.8 Å². The molecule has 0 saturated heterocycles. The summed E-state index contributed by atoms with van der Waals surface area (Å²) in [5.41, 5.74) is -2.28. The Morgan fingerprint density at radius 1 is 1.20 bits per heavy atom. The first kappa shape index (κ1) is 16.9. The predicted molar refractivity (Wildman–Crippen MR) is 86.0 cm³/mol. The van der Waals surface area contributed by atoms with Gasteiger partial charge in [-0.3, -0.25) is 4.90 Å². The molecule has 1 atom stereocenters. The predicted octanol–water partition coefficient (Wildman–Crippen LogP) is 3.05. The molecular weight excluding hydrogens is 335 g/mol. The number of nitrogens with zero attached hydrogens (tertiary/aromatic N) is 3. The van der Waals surface area contributed by atoms with E-state index in [0.29, 0.717) is 11.3 Å². The highest BCUT2D eigenvalue weighted by Gasteiger charge is 2.65. The first-order valence-corrected chi connectivity index (χ1v) is 7.35. The van der Waals surface area contributed by atoms with Crippen LogP contribution in [0.15, 0.2) is 64.2 Å². The van der Waals surface area contributed by atoms with Crippen LogP contribution in [0.25, 0.3) is 0 Å². The van der Waals surface area contributed by atoms with Crippen LogP contribution in [0.1, 0.15) is 12.5 Å². The van der Waals surface area contributed by atoms with Crippen molar-refractivity contribution in [2.24, 2.45) is 9.98 Å². The zero-order valence-corrected chi connectivity index (χ0v) is 13.4. The second kappa shape index (κ2) is 5.87. The largest absolute Gasteiger partial charge is 0.465 e. The van der Waals surface area contributed by atoms with Gasteiger partial charge in [0, 0.05) is 11.3 Å². The number of halogens is 3. The summed E-state index contributed by atoms with van der Waals surface area (Å²) in [6, 6.07) is 8.32. The molecule has 8 heteroatoms. The zero-order valence-electron chi connectivity index (χ0n) is 13.4. The maximum Gasteiger partial charge on any atom is 0.445 e. The van der Waals surface area contributed by atoms with Crippen molar-refractivity contribution in [1.29, 1.82) is 0 Å². The minimum absolute atomic E-state index is 0.0218. The van der Waals surface area contributed by atoms with E-state index in [0.717, 1.165) is 7.11 Å². The van der Waals surface area contributed by atoms with Gasteiger partial charge in [-0.05, 0) is 19.1 Å². The molecule has 0 unspecified atom stereocenters. The minimum atomic E-state index is -5.05. The molecule has 0 saturated carbocycles. The lowest BCUT2D eigenvalue weighted by Crippen LogP contribution is -2.56. The second-order valence-corrected chi connectivity index (χ2v) is 5.44. The number of methoxy groups -OCH3 is 1. The second-order valence-electron chi connectivity index (χ2n) is 5.44. The molecule has 0 fully saturated rings. The first-order valence-electron chi connectivity index (χ1n) is 7.35. The number of ether oxygens (including phenoxy) is 1. The molecule has 130 valence electrons. The Hall–Kier alpha value is -2.90. The fourth-order valence-electron chi connectivity index (χ4n) is 2.62. The summed E-state index contributed by atoms with van der Waals surface area (Å²) in [6.45, 7) is 1.72. The number of carbonyl (C=O) groups excluding carboxylic acids is 1. The van der Waals surface area contributed by atoms with Crippen molar-refractivity contribution in [3.63, 3.8) is 0 Å².